The average molecular weight is 441 g/mol. The molecule has 170 valence electrons. The monoisotopic (exact) mass is 440 g/mol. The van der Waals surface area contributed by atoms with E-state index < -0.39 is 5.54 Å². The Balaban J connectivity index is 1.69. The van der Waals surface area contributed by atoms with Crippen molar-refractivity contribution in [1.29, 1.82) is 0 Å². The summed E-state index contributed by atoms with van der Waals surface area (Å²) in [5.74, 6) is -0.190. The number of nitrogens with zero attached hydrogens (tertiary/aromatic N) is 2. The van der Waals surface area contributed by atoms with Crippen molar-refractivity contribution in [1.82, 2.24) is 4.90 Å². The molecule has 1 heterocycles. The molecule has 0 aromatic heterocycles. The van der Waals surface area contributed by atoms with Crippen LogP contribution in [0.2, 0.25) is 0 Å². The Morgan fingerprint density at radius 2 is 1.33 bits per heavy atom. The number of imide groups is 1. The van der Waals surface area contributed by atoms with Gasteiger partial charge in [0.15, 0.2) is 0 Å². The van der Waals surface area contributed by atoms with Gasteiger partial charge in [0.1, 0.15) is 5.54 Å². The Morgan fingerprint density at radius 3 is 2.00 bits per heavy atom. The lowest BCUT2D eigenvalue weighted by Crippen LogP contribution is -2.43. The van der Waals surface area contributed by atoms with E-state index in [1.807, 2.05) is 68.4 Å². The highest BCUT2D eigenvalue weighted by atomic mass is 16.2. The Bertz CT molecular complexity index is 1180. The van der Waals surface area contributed by atoms with Crippen LogP contribution in [0.3, 0.4) is 0 Å². The molecular formula is C29H32N2O2. The summed E-state index contributed by atoms with van der Waals surface area (Å²) in [6.45, 7) is 10.4. The largest absolute Gasteiger partial charge is 0.332 e. The molecule has 1 aliphatic heterocycles. The fourth-order valence-corrected chi connectivity index (χ4v) is 4.49. The van der Waals surface area contributed by atoms with Crippen LogP contribution >= 0.6 is 0 Å². The molecule has 0 N–H and O–H groups in total. The summed E-state index contributed by atoms with van der Waals surface area (Å²) in [7, 11) is 0. The summed E-state index contributed by atoms with van der Waals surface area (Å²) in [6.07, 6.45) is 0.782. The molecule has 0 radical (unpaired) electrons. The Hall–Kier alpha value is -3.40. The minimum absolute atomic E-state index is 0.190. The molecule has 1 saturated heterocycles. The smallest absolute Gasteiger partial charge is 0.305 e. The molecule has 3 aromatic rings. The third-order valence-electron chi connectivity index (χ3n) is 6.46. The number of rotatable bonds is 5. The molecule has 0 aliphatic carbocycles. The van der Waals surface area contributed by atoms with Crippen molar-refractivity contribution in [3.63, 3.8) is 0 Å². The van der Waals surface area contributed by atoms with Gasteiger partial charge in [0.05, 0.1) is 5.69 Å². The number of amides is 3. The lowest BCUT2D eigenvalue weighted by molar-refractivity contribution is -0.123. The number of carbonyl (C=O) groups is 2. The van der Waals surface area contributed by atoms with Gasteiger partial charge in [-0.2, -0.15) is 0 Å². The van der Waals surface area contributed by atoms with Crippen LogP contribution in [0.25, 0.3) is 0 Å². The number of para-hydroxylation sites is 1. The lowest BCUT2D eigenvalue weighted by atomic mass is 9.85. The van der Waals surface area contributed by atoms with E-state index in [-0.39, 0.29) is 17.4 Å². The first kappa shape index (κ1) is 22.8. The predicted molar refractivity (Wildman–Crippen MR) is 133 cm³/mol. The molecular weight excluding hydrogens is 408 g/mol. The van der Waals surface area contributed by atoms with Crippen LogP contribution in [0.4, 0.5) is 10.5 Å². The molecule has 0 spiro atoms. The highest BCUT2D eigenvalue weighted by Gasteiger charge is 2.52. The quantitative estimate of drug-likeness (QED) is 0.436. The molecule has 3 amide bonds. The van der Waals surface area contributed by atoms with E-state index in [0.29, 0.717) is 12.2 Å². The van der Waals surface area contributed by atoms with Gasteiger partial charge in [0, 0.05) is 6.54 Å². The Labute approximate surface area is 196 Å². The van der Waals surface area contributed by atoms with Crippen LogP contribution in [0.1, 0.15) is 56.9 Å². The summed E-state index contributed by atoms with van der Waals surface area (Å²) in [5, 5.41) is 0. The number of urea groups is 1. The number of benzene rings is 3. The van der Waals surface area contributed by atoms with E-state index in [2.05, 4.69) is 45.0 Å². The van der Waals surface area contributed by atoms with Gasteiger partial charge in [-0.15, -0.1) is 0 Å². The molecule has 3 aromatic carbocycles. The molecule has 0 saturated carbocycles. The van der Waals surface area contributed by atoms with Gasteiger partial charge in [0.25, 0.3) is 5.91 Å². The van der Waals surface area contributed by atoms with E-state index in [0.717, 1.165) is 23.1 Å². The highest BCUT2D eigenvalue weighted by Crippen LogP contribution is 2.38. The predicted octanol–water partition coefficient (Wildman–Crippen LogP) is 6.32. The number of anilines is 1. The van der Waals surface area contributed by atoms with Gasteiger partial charge >= 0.3 is 6.03 Å². The SMILES string of the molecule is CC(C)(C)c1ccccc1N1C(=O)N(Cc2ccccc2Cc2ccccc2)C(C)(C)C1=O. The maximum absolute atomic E-state index is 13.7. The van der Waals surface area contributed by atoms with E-state index in [1.54, 1.807) is 4.90 Å². The third-order valence-corrected chi connectivity index (χ3v) is 6.46. The molecule has 1 fully saturated rings. The topological polar surface area (TPSA) is 40.6 Å². The van der Waals surface area contributed by atoms with Crippen molar-refractivity contribution in [2.24, 2.45) is 0 Å². The molecule has 4 heteroatoms. The standard InChI is InChI=1S/C29H32N2O2/c1-28(2,3)24-17-11-12-18-25(24)31-26(32)29(4,5)30(27(31)33)20-23-16-10-9-15-22(23)19-21-13-7-6-8-14-21/h6-18H,19-20H2,1-5H3. The van der Waals surface area contributed by atoms with Crippen molar-refractivity contribution in [3.8, 4) is 0 Å². The number of carbonyl (C=O) groups excluding carboxylic acids is 2. The maximum Gasteiger partial charge on any atom is 0.332 e. The maximum atomic E-state index is 13.7. The number of hydrogen-bond donors (Lipinski definition) is 0. The van der Waals surface area contributed by atoms with Crippen LogP contribution in [0, 0.1) is 0 Å². The molecule has 0 bridgehead atoms. The van der Waals surface area contributed by atoms with Gasteiger partial charge in [-0.25, -0.2) is 9.69 Å². The zero-order chi connectivity index (χ0) is 23.8. The summed E-state index contributed by atoms with van der Waals surface area (Å²) in [4.78, 5) is 30.4. The minimum atomic E-state index is -0.943. The van der Waals surface area contributed by atoms with Crippen LogP contribution in [-0.4, -0.2) is 22.4 Å². The molecule has 1 aliphatic rings. The first-order valence-corrected chi connectivity index (χ1v) is 11.5. The Kier molecular flexibility index (Phi) is 5.87. The second-order valence-electron chi connectivity index (χ2n) is 10.3. The molecule has 4 rings (SSSR count). The van der Waals surface area contributed by atoms with Crippen LogP contribution in [0.15, 0.2) is 78.9 Å². The van der Waals surface area contributed by atoms with Crippen molar-refractivity contribution in [3.05, 3.63) is 101 Å². The summed E-state index contributed by atoms with van der Waals surface area (Å²) in [5.41, 5.74) is 3.95. The van der Waals surface area contributed by atoms with Gasteiger partial charge < -0.3 is 4.90 Å². The Morgan fingerprint density at radius 1 is 0.758 bits per heavy atom. The minimum Gasteiger partial charge on any atom is -0.305 e. The zero-order valence-electron chi connectivity index (χ0n) is 20.1. The summed E-state index contributed by atoms with van der Waals surface area (Å²) in [6, 6.07) is 25.9. The van der Waals surface area contributed by atoms with Gasteiger partial charge in [-0.05, 0) is 54.0 Å². The van der Waals surface area contributed by atoms with Gasteiger partial charge in [0.2, 0.25) is 0 Å². The number of hydrogen-bond acceptors (Lipinski definition) is 2. The summed E-state index contributed by atoms with van der Waals surface area (Å²) >= 11 is 0. The van der Waals surface area contributed by atoms with Crippen LogP contribution in [0.5, 0.6) is 0 Å². The summed E-state index contributed by atoms with van der Waals surface area (Å²) < 4.78 is 0. The molecule has 0 unspecified atom stereocenters. The molecule has 33 heavy (non-hydrogen) atoms. The first-order chi connectivity index (χ1) is 15.6. The normalized spacial score (nSPS) is 15.9. The van der Waals surface area contributed by atoms with Crippen molar-refractivity contribution >= 4 is 17.6 Å². The third kappa shape index (κ3) is 4.30. The van der Waals surface area contributed by atoms with Gasteiger partial charge in [-0.3, -0.25) is 4.79 Å². The fraction of sp³-hybridized carbons (Fsp3) is 0.310. The van der Waals surface area contributed by atoms with E-state index >= 15 is 0 Å². The van der Waals surface area contributed by atoms with Crippen molar-refractivity contribution < 1.29 is 9.59 Å². The molecule has 0 atom stereocenters. The van der Waals surface area contributed by atoms with Crippen molar-refractivity contribution in [2.45, 2.75) is 58.5 Å². The van der Waals surface area contributed by atoms with Crippen LogP contribution in [-0.2, 0) is 23.2 Å². The van der Waals surface area contributed by atoms with Gasteiger partial charge in [-0.1, -0.05) is 93.6 Å². The zero-order valence-corrected chi connectivity index (χ0v) is 20.1. The van der Waals surface area contributed by atoms with E-state index in [9.17, 15) is 9.59 Å². The lowest BCUT2D eigenvalue weighted by Gasteiger charge is -2.28. The van der Waals surface area contributed by atoms with E-state index in [4.69, 9.17) is 0 Å². The van der Waals surface area contributed by atoms with Crippen LogP contribution < -0.4 is 4.90 Å². The highest BCUT2D eigenvalue weighted by molar-refractivity contribution is 6.23. The van der Waals surface area contributed by atoms with E-state index in [1.165, 1.54) is 10.5 Å². The first-order valence-electron chi connectivity index (χ1n) is 11.5. The second-order valence-corrected chi connectivity index (χ2v) is 10.3. The average Bonchev–Trinajstić information content (AvgIpc) is 2.94. The molecule has 4 nitrogen and oxygen atoms in total. The fourth-order valence-electron chi connectivity index (χ4n) is 4.49. The second kappa shape index (κ2) is 8.51. The van der Waals surface area contributed by atoms with Crippen molar-refractivity contribution in [2.75, 3.05) is 4.90 Å².